The van der Waals surface area contributed by atoms with Crippen molar-refractivity contribution < 1.29 is 28.7 Å². The van der Waals surface area contributed by atoms with Gasteiger partial charge in [-0.2, -0.15) is 0 Å². The average molecular weight is 411 g/mol. The Bertz CT molecular complexity index is 995. The van der Waals surface area contributed by atoms with Crippen molar-refractivity contribution in [3.05, 3.63) is 69.3 Å². The largest absolute Gasteiger partial charge is 0.454 e. The Morgan fingerprint density at radius 2 is 1.87 bits per heavy atom. The smallest absolute Gasteiger partial charge is 0.331 e. The first-order valence-corrected chi connectivity index (χ1v) is 9.45. The number of carbonyl (C=O) groups excluding carboxylic acids is 2. The third-order valence-corrected chi connectivity index (χ3v) is 4.88. The molecule has 0 saturated carbocycles. The minimum atomic E-state index is -0.786. The quantitative estimate of drug-likeness (QED) is 0.210. The summed E-state index contributed by atoms with van der Waals surface area (Å²) in [6.45, 7) is 3.75. The van der Waals surface area contributed by atoms with E-state index in [1.165, 1.54) is 18.2 Å². The predicted molar refractivity (Wildman–Crippen MR) is 109 cm³/mol. The maximum atomic E-state index is 12.2. The van der Waals surface area contributed by atoms with Gasteiger partial charge in [0.2, 0.25) is 6.79 Å². The molecule has 0 aliphatic carbocycles. The fraction of sp³-hybridized carbons (Fsp3) is 0.273. The number of benzene rings is 2. The van der Waals surface area contributed by atoms with Crippen molar-refractivity contribution in [1.82, 2.24) is 0 Å². The van der Waals surface area contributed by atoms with Gasteiger partial charge in [-0.3, -0.25) is 14.9 Å². The number of hydrogen-bond donors (Lipinski definition) is 0. The molecule has 1 heterocycles. The molecule has 0 amide bonds. The van der Waals surface area contributed by atoms with Gasteiger partial charge in [0, 0.05) is 11.6 Å². The minimum absolute atomic E-state index is 0.0257. The molecule has 0 fully saturated rings. The normalized spacial score (nSPS) is 13.3. The number of rotatable bonds is 8. The monoisotopic (exact) mass is 411 g/mol. The summed E-state index contributed by atoms with van der Waals surface area (Å²) in [5.74, 6) is -0.0959. The number of nitrogens with zero attached hydrogens (tertiary/aromatic N) is 1. The van der Waals surface area contributed by atoms with Gasteiger partial charge in [-0.05, 0) is 30.0 Å². The van der Waals surface area contributed by atoms with Crippen LogP contribution < -0.4 is 9.47 Å². The van der Waals surface area contributed by atoms with Crippen LogP contribution >= 0.6 is 0 Å². The Balaban J connectivity index is 1.61. The summed E-state index contributed by atoms with van der Waals surface area (Å²) in [6, 6.07) is 9.85. The van der Waals surface area contributed by atoms with E-state index in [1.807, 2.05) is 12.1 Å². The fourth-order valence-electron chi connectivity index (χ4n) is 2.90. The molecule has 8 heteroatoms. The molecular weight excluding hydrogens is 390 g/mol. The van der Waals surface area contributed by atoms with Crippen molar-refractivity contribution in [2.24, 2.45) is 0 Å². The molecule has 1 aliphatic heterocycles. The zero-order chi connectivity index (χ0) is 21.7. The topological polar surface area (TPSA) is 105 Å². The third-order valence-electron chi connectivity index (χ3n) is 4.88. The maximum absolute atomic E-state index is 12.2. The number of carbonyl (C=O) groups is 2. The number of Topliss-reactive ketones (excluding diaryl/α,β-unsaturated/α-hetero) is 1. The Labute approximate surface area is 173 Å². The molecule has 30 heavy (non-hydrogen) atoms. The van der Waals surface area contributed by atoms with E-state index in [4.69, 9.17) is 14.2 Å². The summed E-state index contributed by atoms with van der Waals surface area (Å²) in [5, 5.41) is 11.2. The highest BCUT2D eigenvalue weighted by molar-refractivity contribution is 5.99. The van der Waals surface area contributed by atoms with Crippen LogP contribution in [0.4, 0.5) is 5.69 Å². The van der Waals surface area contributed by atoms with Gasteiger partial charge in [0.25, 0.3) is 5.69 Å². The van der Waals surface area contributed by atoms with Gasteiger partial charge in [0.05, 0.1) is 16.6 Å². The minimum Gasteiger partial charge on any atom is -0.454 e. The second-order valence-electron chi connectivity index (χ2n) is 6.82. The molecule has 2 aromatic rings. The summed E-state index contributed by atoms with van der Waals surface area (Å²) in [7, 11) is 0. The maximum Gasteiger partial charge on any atom is 0.331 e. The number of nitro groups is 1. The van der Waals surface area contributed by atoms with Crippen LogP contribution in [0.25, 0.3) is 6.08 Å². The van der Waals surface area contributed by atoms with Crippen LogP contribution in [0.15, 0.2) is 42.5 Å². The Kier molecular flexibility index (Phi) is 6.46. The highest BCUT2D eigenvalue weighted by atomic mass is 16.7. The molecular formula is C22H21NO7. The molecule has 3 rings (SSSR count). The van der Waals surface area contributed by atoms with Crippen LogP contribution in [-0.2, 0) is 9.53 Å². The Hall–Kier alpha value is -3.68. The molecule has 0 N–H and O–H groups in total. The molecule has 0 spiro atoms. The van der Waals surface area contributed by atoms with E-state index in [0.29, 0.717) is 17.2 Å². The van der Waals surface area contributed by atoms with E-state index in [1.54, 1.807) is 12.1 Å². The van der Waals surface area contributed by atoms with Crippen LogP contribution in [0.3, 0.4) is 0 Å². The van der Waals surface area contributed by atoms with Crippen LogP contribution in [0.1, 0.15) is 47.7 Å². The SMILES string of the molecule is CC[C@@H](C)c1ccc(C(=O)COC(=O)/C=C/c2cc3c(cc2[N+](=O)[O-])OCO3)cc1. The van der Waals surface area contributed by atoms with Gasteiger partial charge in [0.15, 0.2) is 23.9 Å². The molecule has 0 saturated heterocycles. The first-order chi connectivity index (χ1) is 14.4. The molecule has 0 bridgehead atoms. The lowest BCUT2D eigenvalue weighted by molar-refractivity contribution is -0.385. The van der Waals surface area contributed by atoms with Crippen LogP contribution in [0.5, 0.6) is 11.5 Å². The molecule has 2 aromatic carbocycles. The average Bonchev–Trinajstić information content (AvgIpc) is 3.22. The number of nitro benzene ring substituents is 1. The summed E-state index contributed by atoms with van der Waals surface area (Å²) >= 11 is 0. The summed E-state index contributed by atoms with van der Waals surface area (Å²) in [6.07, 6.45) is 3.27. The molecule has 0 unspecified atom stereocenters. The van der Waals surface area contributed by atoms with E-state index in [-0.39, 0.29) is 29.6 Å². The third kappa shape index (κ3) is 4.83. The molecule has 156 valence electrons. The Morgan fingerprint density at radius 3 is 2.50 bits per heavy atom. The lowest BCUT2D eigenvalue weighted by Gasteiger charge is -2.09. The Morgan fingerprint density at radius 1 is 1.20 bits per heavy atom. The van der Waals surface area contributed by atoms with Crippen molar-refractivity contribution >= 4 is 23.5 Å². The summed E-state index contributed by atoms with van der Waals surface area (Å²) in [4.78, 5) is 34.8. The lowest BCUT2D eigenvalue weighted by atomic mass is 9.97. The summed E-state index contributed by atoms with van der Waals surface area (Å²) < 4.78 is 15.3. The molecule has 0 radical (unpaired) electrons. The van der Waals surface area contributed by atoms with Gasteiger partial charge in [-0.15, -0.1) is 0 Å². The van der Waals surface area contributed by atoms with E-state index < -0.39 is 17.5 Å². The van der Waals surface area contributed by atoms with E-state index in [9.17, 15) is 19.7 Å². The number of esters is 1. The van der Waals surface area contributed by atoms with Crippen LogP contribution in [0, 0.1) is 10.1 Å². The standard InChI is InChI=1S/C22H21NO7/c1-3-14(2)15-4-6-16(7-5-15)19(24)12-28-22(25)9-8-17-10-20-21(30-13-29-20)11-18(17)23(26)27/h4-11,14H,3,12-13H2,1-2H3/b9-8+/t14-/m1/s1. The number of ketones is 1. The van der Waals surface area contributed by atoms with E-state index >= 15 is 0 Å². The van der Waals surface area contributed by atoms with Crippen molar-refractivity contribution in [3.8, 4) is 11.5 Å². The van der Waals surface area contributed by atoms with Crippen molar-refractivity contribution in [2.45, 2.75) is 26.2 Å². The molecule has 0 aromatic heterocycles. The van der Waals surface area contributed by atoms with Crippen molar-refractivity contribution in [1.29, 1.82) is 0 Å². The van der Waals surface area contributed by atoms with Crippen LogP contribution in [-0.4, -0.2) is 30.1 Å². The molecule has 8 nitrogen and oxygen atoms in total. The highest BCUT2D eigenvalue weighted by Gasteiger charge is 2.22. The van der Waals surface area contributed by atoms with Crippen molar-refractivity contribution in [2.75, 3.05) is 13.4 Å². The number of ether oxygens (including phenoxy) is 3. The number of fused-ring (bicyclic) bond motifs is 1. The van der Waals surface area contributed by atoms with Gasteiger partial charge >= 0.3 is 5.97 Å². The molecule has 1 aliphatic rings. The second kappa shape index (κ2) is 9.21. The fourth-order valence-corrected chi connectivity index (χ4v) is 2.90. The van der Waals surface area contributed by atoms with Crippen LogP contribution in [0.2, 0.25) is 0 Å². The van der Waals surface area contributed by atoms with Gasteiger partial charge in [-0.1, -0.05) is 38.1 Å². The predicted octanol–water partition coefficient (Wildman–Crippen LogP) is 4.28. The lowest BCUT2D eigenvalue weighted by Crippen LogP contribution is -2.12. The zero-order valence-electron chi connectivity index (χ0n) is 16.6. The number of hydrogen-bond acceptors (Lipinski definition) is 7. The highest BCUT2D eigenvalue weighted by Crippen LogP contribution is 2.38. The van der Waals surface area contributed by atoms with Gasteiger partial charge in [-0.25, -0.2) is 4.79 Å². The first-order valence-electron chi connectivity index (χ1n) is 9.45. The van der Waals surface area contributed by atoms with Gasteiger partial charge < -0.3 is 14.2 Å². The zero-order valence-corrected chi connectivity index (χ0v) is 16.6. The second-order valence-corrected chi connectivity index (χ2v) is 6.82. The molecule has 1 atom stereocenters. The van der Waals surface area contributed by atoms with Gasteiger partial charge in [0.1, 0.15) is 0 Å². The first kappa shape index (κ1) is 21.0. The summed E-state index contributed by atoms with van der Waals surface area (Å²) in [5.41, 5.74) is 1.51. The van der Waals surface area contributed by atoms with E-state index in [0.717, 1.165) is 18.1 Å². The van der Waals surface area contributed by atoms with E-state index in [2.05, 4.69) is 13.8 Å². The van der Waals surface area contributed by atoms with Crippen molar-refractivity contribution in [3.63, 3.8) is 0 Å².